The molecule has 1 fully saturated rings. The van der Waals surface area contributed by atoms with Crippen molar-refractivity contribution in [1.82, 2.24) is 4.90 Å². The Labute approximate surface area is 246 Å². The van der Waals surface area contributed by atoms with Crippen LogP contribution >= 0.6 is 0 Å². The second-order valence-electron chi connectivity index (χ2n) is 10.4. The van der Waals surface area contributed by atoms with E-state index >= 15 is 0 Å². The van der Waals surface area contributed by atoms with E-state index in [-0.39, 0.29) is 11.6 Å². The number of nitrogens with one attached hydrogen (secondary N) is 1. The Kier molecular flexibility index (Phi) is 10.3. The van der Waals surface area contributed by atoms with Crippen molar-refractivity contribution in [3.8, 4) is 0 Å². The molecule has 43 heavy (non-hydrogen) atoms. The van der Waals surface area contributed by atoms with Crippen LogP contribution in [0, 0.1) is 0 Å². The number of halogens is 5. The molecule has 1 saturated heterocycles. The van der Waals surface area contributed by atoms with E-state index in [1.807, 2.05) is 30.3 Å². The number of carbonyl (C=O) groups is 2. The van der Waals surface area contributed by atoms with Crippen molar-refractivity contribution in [3.05, 3.63) is 102 Å². The summed E-state index contributed by atoms with van der Waals surface area (Å²) < 4.78 is 64.8. The van der Waals surface area contributed by atoms with Gasteiger partial charge >= 0.3 is 18.1 Å². The molecule has 1 aliphatic heterocycles. The van der Waals surface area contributed by atoms with Crippen molar-refractivity contribution < 1.29 is 36.6 Å². The van der Waals surface area contributed by atoms with E-state index in [0.717, 1.165) is 18.5 Å². The molecule has 0 saturated carbocycles. The highest BCUT2D eigenvalue weighted by Crippen LogP contribution is 2.39. The maximum absolute atomic E-state index is 13.5. The first kappa shape index (κ1) is 31.8. The molecule has 11 heteroatoms. The van der Waals surface area contributed by atoms with Crippen LogP contribution in [0.5, 0.6) is 0 Å². The summed E-state index contributed by atoms with van der Waals surface area (Å²) in [6.07, 6.45) is -7.03. The van der Waals surface area contributed by atoms with Crippen molar-refractivity contribution in [2.75, 3.05) is 11.9 Å². The number of alkyl halides is 5. The summed E-state index contributed by atoms with van der Waals surface area (Å²) >= 11 is 0. The zero-order valence-electron chi connectivity index (χ0n) is 23.2. The van der Waals surface area contributed by atoms with Gasteiger partial charge in [0.05, 0.1) is 17.4 Å². The van der Waals surface area contributed by atoms with Gasteiger partial charge in [-0.25, -0.2) is 4.79 Å². The van der Waals surface area contributed by atoms with Crippen LogP contribution in [-0.4, -0.2) is 58.3 Å². The molecule has 0 aliphatic carbocycles. The molecule has 1 aliphatic rings. The highest BCUT2D eigenvalue weighted by Gasteiger charge is 2.56. The third-order valence-electron chi connectivity index (χ3n) is 7.34. The Morgan fingerprint density at radius 3 is 2.21 bits per heavy atom. The minimum Gasteiger partial charge on any atom is -0.480 e. The van der Waals surface area contributed by atoms with E-state index in [9.17, 15) is 36.6 Å². The molecule has 0 radical (unpaired) electrons. The van der Waals surface area contributed by atoms with Crippen molar-refractivity contribution in [2.45, 2.75) is 62.8 Å². The van der Waals surface area contributed by atoms with E-state index in [1.54, 1.807) is 54.6 Å². The third kappa shape index (κ3) is 8.25. The van der Waals surface area contributed by atoms with Gasteiger partial charge in [-0.05, 0) is 43.9 Å². The minimum atomic E-state index is -5.72. The zero-order chi connectivity index (χ0) is 31.0. The van der Waals surface area contributed by atoms with E-state index in [4.69, 9.17) is 0 Å². The number of carbonyl (C=O) groups excluding carboxylic acids is 1. The summed E-state index contributed by atoms with van der Waals surface area (Å²) in [6.45, 7) is 1.35. The van der Waals surface area contributed by atoms with Crippen LogP contribution in [0.2, 0.25) is 0 Å². The van der Waals surface area contributed by atoms with Crippen molar-refractivity contribution in [2.24, 2.45) is 4.99 Å². The number of hydrogen-bond acceptors (Lipinski definition) is 4. The summed E-state index contributed by atoms with van der Waals surface area (Å²) in [6, 6.07) is 23.0. The third-order valence-corrected chi connectivity index (χ3v) is 7.34. The summed E-state index contributed by atoms with van der Waals surface area (Å²) in [4.78, 5) is 32.1. The maximum atomic E-state index is 13.5. The first-order chi connectivity index (χ1) is 20.5. The largest absolute Gasteiger partial charge is 0.480 e. The van der Waals surface area contributed by atoms with Crippen molar-refractivity contribution in [1.29, 1.82) is 0 Å². The molecular formula is C32H32F5N3O3. The molecule has 1 heterocycles. The van der Waals surface area contributed by atoms with Crippen LogP contribution in [0.1, 0.15) is 48.8 Å². The number of aliphatic carboxylic acids is 1. The fraction of sp³-hybridized carbons (Fsp3) is 0.344. The molecule has 1 amide bonds. The van der Waals surface area contributed by atoms with Gasteiger partial charge in [0, 0.05) is 24.1 Å². The number of amides is 1. The number of rotatable bonds is 12. The lowest BCUT2D eigenvalue weighted by atomic mass is 9.99. The molecule has 0 bridgehead atoms. The van der Waals surface area contributed by atoms with Gasteiger partial charge in [0.2, 0.25) is 5.91 Å². The lowest BCUT2D eigenvalue weighted by Gasteiger charge is -2.24. The molecule has 3 aromatic rings. The molecule has 6 nitrogen and oxygen atoms in total. The number of carboxylic acids is 1. The Hall–Kier alpha value is -4.12. The molecular weight excluding hydrogens is 569 g/mol. The number of likely N-dealkylation sites (tertiary alicyclic amines) is 1. The van der Waals surface area contributed by atoms with Crippen LogP contribution in [0.25, 0.3) is 0 Å². The average Bonchev–Trinajstić information content (AvgIpc) is 3.44. The number of carboxylic acid groups (broad SMARTS) is 1. The van der Waals surface area contributed by atoms with Crippen LogP contribution in [0.15, 0.2) is 89.9 Å². The molecule has 228 valence electrons. The van der Waals surface area contributed by atoms with Crippen molar-refractivity contribution >= 4 is 23.3 Å². The van der Waals surface area contributed by atoms with Crippen LogP contribution < -0.4 is 5.32 Å². The number of aliphatic imine (C=N–C) groups is 1. The Morgan fingerprint density at radius 2 is 1.56 bits per heavy atom. The second-order valence-corrected chi connectivity index (χ2v) is 10.4. The second kappa shape index (κ2) is 13.9. The number of nitrogens with zero attached hydrogens (tertiary/aromatic N) is 2. The van der Waals surface area contributed by atoms with Gasteiger partial charge in [-0.3, -0.25) is 14.7 Å². The first-order valence-corrected chi connectivity index (χ1v) is 13.9. The van der Waals surface area contributed by atoms with Gasteiger partial charge < -0.3 is 10.4 Å². The quantitative estimate of drug-likeness (QED) is 0.174. The number of hydrogen-bond donors (Lipinski definition) is 2. The highest BCUT2D eigenvalue weighted by molar-refractivity contribution is 6.17. The molecule has 0 aromatic heterocycles. The van der Waals surface area contributed by atoms with Gasteiger partial charge in [0.1, 0.15) is 6.04 Å². The average molecular weight is 602 g/mol. The molecule has 0 unspecified atom stereocenters. The van der Waals surface area contributed by atoms with Gasteiger partial charge in [-0.1, -0.05) is 78.9 Å². The van der Waals surface area contributed by atoms with Gasteiger partial charge in [-0.2, -0.15) is 22.0 Å². The number of benzene rings is 3. The van der Waals surface area contributed by atoms with E-state index < -0.39 is 49.4 Å². The lowest BCUT2D eigenvalue weighted by molar-refractivity contribution is -0.284. The maximum Gasteiger partial charge on any atom is 0.453 e. The Morgan fingerprint density at radius 1 is 0.930 bits per heavy atom. The molecule has 3 aromatic carbocycles. The smallest absolute Gasteiger partial charge is 0.453 e. The number of anilines is 1. The predicted octanol–water partition coefficient (Wildman–Crippen LogP) is 6.95. The first-order valence-electron chi connectivity index (χ1n) is 13.9. The fourth-order valence-corrected chi connectivity index (χ4v) is 5.10. The van der Waals surface area contributed by atoms with E-state index in [1.165, 1.54) is 0 Å². The fourth-order valence-electron chi connectivity index (χ4n) is 5.10. The van der Waals surface area contributed by atoms with Gasteiger partial charge in [-0.15, -0.1) is 0 Å². The predicted molar refractivity (Wildman–Crippen MR) is 153 cm³/mol. The Balaban J connectivity index is 1.60. The summed E-state index contributed by atoms with van der Waals surface area (Å²) in [5.74, 6) is -6.64. The van der Waals surface area contributed by atoms with E-state index in [0.29, 0.717) is 29.8 Å². The normalized spacial score (nSPS) is 17.0. The molecule has 2 N–H and O–H groups in total. The SMILES string of the molecule is O=C(O)[C@H](CCCC(F)(F)C(F)(F)F)N=C(c1ccccc1)c1ccccc1NC(=O)[C@@H]1CCCN1Cc1ccccc1. The topological polar surface area (TPSA) is 82.0 Å². The standard InChI is InChI=1S/C32H32F5N3O3/c33-31(34,32(35,36)37)19-9-17-26(30(42)43)38-28(23-13-5-2-6-14-23)24-15-7-8-16-25(24)39-29(41)27-18-10-20-40(27)21-22-11-3-1-4-12-22/h1-8,11-16,26-27H,9-10,17-21H2,(H,39,41)(H,42,43)/t26-,27-/m0/s1. The molecule has 0 spiro atoms. The Bertz CT molecular complexity index is 1410. The summed E-state index contributed by atoms with van der Waals surface area (Å²) in [7, 11) is 0. The minimum absolute atomic E-state index is 0.166. The molecule has 4 rings (SSSR count). The van der Waals surface area contributed by atoms with E-state index in [2.05, 4.69) is 15.2 Å². The lowest BCUT2D eigenvalue weighted by Crippen LogP contribution is -2.39. The summed E-state index contributed by atoms with van der Waals surface area (Å²) in [5, 5.41) is 12.8. The number of para-hydroxylation sites is 1. The highest BCUT2D eigenvalue weighted by atomic mass is 19.4. The van der Waals surface area contributed by atoms with Crippen LogP contribution in [0.3, 0.4) is 0 Å². The summed E-state index contributed by atoms with van der Waals surface area (Å²) in [5.41, 5.74) is 2.49. The van der Waals surface area contributed by atoms with Gasteiger partial charge in [0.15, 0.2) is 0 Å². The zero-order valence-corrected chi connectivity index (χ0v) is 23.2. The van der Waals surface area contributed by atoms with Crippen LogP contribution in [-0.2, 0) is 16.1 Å². The monoisotopic (exact) mass is 601 g/mol. The van der Waals surface area contributed by atoms with Gasteiger partial charge in [0.25, 0.3) is 0 Å². The van der Waals surface area contributed by atoms with Crippen molar-refractivity contribution in [3.63, 3.8) is 0 Å². The molecule has 2 atom stereocenters. The van der Waals surface area contributed by atoms with Crippen LogP contribution in [0.4, 0.5) is 27.6 Å².